The first kappa shape index (κ1) is 30.2. The van der Waals surface area contributed by atoms with Gasteiger partial charge in [0.1, 0.15) is 23.7 Å². The van der Waals surface area contributed by atoms with Gasteiger partial charge in [0.05, 0.1) is 16.4 Å². The number of pyridine rings is 1. The van der Waals surface area contributed by atoms with Crippen molar-refractivity contribution >= 4 is 38.5 Å². The Balaban J connectivity index is 1.17. The third-order valence-electron chi connectivity index (χ3n) is 10.3. The molecular weight excluding hydrogens is 639 g/mol. The number of benzene rings is 5. The van der Waals surface area contributed by atoms with E-state index in [1.54, 1.807) is 0 Å². The lowest BCUT2D eigenvalue weighted by Crippen LogP contribution is -2.49. The van der Waals surface area contributed by atoms with E-state index in [-0.39, 0.29) is 12.3 Å². The van der Waals surface area contributed by atoms with E-state index in [1.165, 1.54) is 5.57 Å². The second-order valence-corrected chi connectivity index (χ2v) is 13.3. The van der Waals surface area contributed by atoms with Crippen LogP contribution in [0.4, 0.5) is 0 Å². The Morgan fingerprint density at radius 2 is 1.35 bits per heavy atom. The monoisotopic (exact) mass is 673 g/mol. The molecule has 0 spiro atoms. The van der Waals surface area contributed by atoms with Crippen molar-refractivity contribution in [2.24, 2.45) is 0 Å². The van der Waals surface area contributed by atoms with Crippen LogP contribution in [0, 0.1) is 0 Å². The maximum Gasteiger partial charge on any atom is 0.145 e. The summed E-state index contributed by atoms with van der Waals surface area (Å²) in [5, 5.41) is 14.5. The molecule has 52 heavy (non-hydrogen) atoms. The molecule has 6 nitrogen and oxygen atoms in total. The summed E-state index contributed by atoms with van der Waals surface area (Å²) in [6.07, 6.45) is 12.1. The van der Waals surface area contributed by atoms with Crippen LogP contribution in [-0.2, 0) is 0 Å². The summed E-state index contributed by atoms with van der Waals surface area (Å²) in [5.74, 6) is 0.883. The molecule has 0 amide bonds. The van der Waals surface area contributed by atoms with E-state index in [9.17, 15) is 0 Å². The quantitative estimate of drug-likeness (QED) is 0.164. The number of para-hydroxylation sites is 1. The number of furan rings is 1. The topological polar surface area (TPSA) is 67.0 Å². The molecule has 2 aliphatic heterocycles. The SMILES string of the molecule is C1=CC(C2NC(c3ccc(-c4ccncc4)cc3)=CC(n3c4ccccc4c4c5oc(-c6ccccc6)c(-c6ccccc6)c5ccc43)N2)=CCN1. The maximum atomic E-state index is 7.03. The van der Waals surface area contributed by atoms with E-state index in [0.717, 1.165) is 84.2 Å². The molecule has 3 aromatic heterocycles. The molecule has 2 unspecified atom stereocenters. The zero-order valence-electron chi connectivity index (χ0n) is 28.3. The van der Waals surface area contributed by atoms with E-state index >= 15 is 0 Å². The molecule has 2 aliphatic rings. The predicted octanol–water partition coefficient (Wildman–Crippen LogP) is 10.0. The van der Waals surface area contributed by atoms with E-state index in [4.69, 9.17) is 4.42 Å². The second-order valence-electron chi connectivity index (χ2n) is 13.3. The molecule has 0 radical (unpaired) electrons. The lowest BCUT2D eigenvalue weighted by atomic mass is 9.98. The highest BCUT2D eigenvalue weighted by atomic mass is 16.3. The van der Waals surface area contributed by atoms with Gasteiger partial charge in [-0.05, 0) is 76.5 Å². The van der Waals surface area contributed by atoms with E-state index in [2.05, 4.69) is 159 Å². The Hall–Kier alpha value is -6.63. The van der Waals surface area contributed by atoms with Crippen LogP contribution < -0.4 is 16.0 Å². The lowest BCUT2D eigenvalue weighted by Gasteiger charge is -2.35. The van der Waals surface area contributed by atoms with Gasteiger partial charge < -0.3 is 19.6 Å². The predicted molar refractivity (Wildman–Crippen MR) is 212 cm³/mol. The van der Waals surface area contributed by atoms with Crippen molar-refractivity contribution in [3.63, 3.8) is 0 Å². The van der Waals surface area contributed by atoms with Crippen molar-refractivity contribution in [2.75, 3.05) is 6.54 Å². The highest BCUT2D eigenvalue weighted by molar-refractivity contribution is 6.22. The Morgan fingerprint density at radius 3 is 2.12 bits per heavy atom. The Labute approximate surface area is 301 Å². The molecule has 8 aromatic rings. The molecule has 0 aliphatic carbocycles. The van der Waals surface area contributed by atoms with Crippen LogP contribution in [0.2, 0.25) is 0 Å². The molecule has 0 saturated carbocycles. The van der Waals surface area contributed by atoms with E-state index in [0.29, 0.717) is 0 Å². The summed E-state index contributed by atoms with van der Waals surface area (Å²) < 4.78 is 9.46. The molecule has 0 saturated heterocycles. The minimum absolute atomic E-state index is 0.110. The van der Waals surface area contributed by atoms with Gasteiger partial charge in [0.2, 0.25) is 0 Å². The van der Waals surface area contributed by atoms with Gasteiger partial charge in [0, 0.05) is 46.5 Å². The molecule has 0 fully saturated rings. The zero-order chi connectivity index (χ0) is 34.4. The molecule has 5 heterocycles. The van der Waals surface area contributed by atoms with Gasteiger partial charge in [-0.2, -0.15) is 0 Å². The van der Waals surface area contributed by atoms with Gasteiger partial charge in [0.25, 0.3) is 0 Å². The number of hydrogen-bond acceptors (Lipinski definition) is 5. The van der Waals surface area contributed by atoms with Crippen molar-refractivity contribution in [3.05, 3.63) is 181 Å². The minimum atomic E-state index is -0.165. The fraction of sp³-hybridized carbons (Fsp3) is 0.0652. The smallest absolute Gasteiger partial charge is 0.145 e. The van der Waals surface area contributed by atoms with Crippen molar-refractivity contribution in [1.29, 1.82) is 0 Å². The summed E-state index contributed by atoms with van der Waals surface area (Å²) in [7, 11) is 0. The van der Waals surface area contributed by atoms with Crippen molar-refractivity contribution < 1.29 is 4.42 Å². The highest BCUT2D eigenvalue weighted by Gasteiger charge is 2.29. The van der Waals surface area contributed by atoms with Crippen LogP contribution in [0.25, 0.3) is 72.0 Å². The minimum Gasteiger partial charge on any atom is -0.455 e. The lowest BCUT2D eigenvalue weighted by molar-refractivity contribution is 0.411. The van der Waals surface area contributed by atoms with Gasteiger partial charge in [0.15, 0.2) is 0 Å². The molecule has 10 rings (SSSR count). The van der Waals surface area contributed by atoms with E-state index in [1.807, 2.05) is 36.8 Å². The average molecular weight is 674 g/mol. The molecule has 250 valence electrons. The van der Waals surface area contributed by atoms with Crippen LogP contribution in [-0.4, -0.2) is 22.3 Å². The van der Waals surface area contributed by atoms with Crippen molar-refractivity contribution in [3.8, 4) is 33.6 Å². The summed E-state index contributed by atoms with van der Waals surface area (Å²) >= 11 is 0. The van der Waals surface area contributed by atoms with Gasteiger partial charge in [-0.25, -0.2) is 0 Å². The third kappa shape index (κ3) is 5.12. The Kier molecular flexibility index (Phi) is 7.32. The third-order valence-corrected chi connectivity index (χ3v) is 10.3. The first-order valence-electron chi connectivity index (χ1n) is 17.7. The Bertz CT molecular complexity index is 2670. The average Bonchev–Trinajstić information content (AvgIpc) is 3.79. The normalized spacial score (nSPS) is 17.2. The van der Waals surface area contributed by atoms with Crippen LogP contribution in [0.15, 0.2) is 180 Å². The molecule has 2 atom stereocenters. The van der Waals surface area contributed by atoms with Crippen LogP contribution in [0.1, 0.15) is 11.7 Å². The number of dihydropyridines is 1. The summed E-state index contributed by atoms with van der Waals surface area (Å²) in [5.41, 5.74) is 12.2. The van der Waals surface area contributed by atoms with Gasteiger partial charge in [-0.3, -0.25) is 10.3 Å². The summed E-state index contributed by atoms with van der Waals surface area (Å²) in [4.78, 5) is 4.19. The number of nitrogens with one attached hydrogen (secondary N) is 3. The molecule has 5 aromatic carbocycles. The first-order valence-corrected chi connectivity index (χ1v) is 17.7. The number of aromatic nitrogens is 2. The standard InChI is InChI=1S/C46H35N5O/c1-3-9-33(10-4-1)42-37-19-20-40-43(45(37)52-44(42)34-11-5-2-6-12-34)36-13-7-8-14-39(36)51(40)41-29-38(49-46(50-41)35-23-27-48-28-24-35)32-17-15-30(16-18-32)31-21-25-47-26-22-31/h1-27,29,41,46,48-50H,28H2. The van der Waals surface area contributed by atoms with Crippen LogP contribution >= 0.6 is 0 Å². The van der Waals surface area contributed by atoms with Gasteiger partial charge in [-0.1, -0.05) is 109 Å². The zero-order valence-corrected chi connectivity index (χ0v) is 28.3. The fourth-order valence-electron chi connectivity index (χ4n) is 7.82. The number of rotatable bonds is 6. The Morgan fingerprint density at radius 1 is 0.635 bits per heavy atom. The van der Waals surface area contributed by atoms with Gasteiger partial charge in [-0.15, -0.1) is 0 Å². The van der Waals surface area contributed by atoms with Crippen molar-refractivity contribution in [1.82, 2.24) is 25.5 Å². The number of hydrogen-bond donors (Lipinski definition) is 3. The van der Waals surface area contributed by atoms with Gasteiger partial charge >= 0.3 is 0 Å². The molecule has 6 heteroatoms. The largest absolute Gasteiger partial charge is 0.455 e. The summed E-state index contributed by atoms with van der Waals surface area (Å²) in [6, 6.07) is 47.1. The highest BCUT2D eigenvalue weighted by Crippen LogP contribution is 2.46. The van der Waals surface area contributed by atoms with Crippen LogP contribution in [0.3, 0.4) is 0 Å². The maximum absolute atomic E-state index is 7.03. The number of fused-ring (bicyclic) bond motifs is 5. The molecule has 0 bridgehead atoms. The molecule has 3 N–H and O–H groups in total. The van der Waals surface area contributed by atoms with Crippen molar-refractivity contribution in [2.45, 2.75) is 12.3 Å². The van der Waals surface area contributed by atoms with E-state index < -0.39 is 0 Å². The molecular formula is C46H35N5O. The van der Waals surface area contributed by atoms with Crippen LogP contribution in [0.5, 0.6) is 0 Å². The summed E-state index contributed by atoms with van der Waals surface area (Å²) in [6.45, 7) is 0.787. The first-order chi connectivity index (χ1) is 25.8. The second kappa shape index (κ2) is 12.6. The fourth-order valence-corrected chi connectivity index (χ4v) is 7.82. The number of nitrogens with zero attached hydrogens (tertiary/aromatic N) is 2.